The predicted octanol–water partition coefficient (Wildman–Crippen LogP) is 1.67. The topological polar surface area (TPSA) is 76.4 Å². The average molecular weight is 269 g/mol. The summed E-state index contributed by atoms with van der Waals surface area (Å²) >= 11 is 1.39. The van der Waals surface area contributed by atoms with Gasteiger partial charge in [-0.1, -0.05) is 0 Å². The standard InChI is InChI=1S/C12H19N3O2S/c1-14-12(16)11-7(13)6-10(18-11)15-8-4-3-5-9(8)17-2/h6,8-9,15H,3-5,13H2,1-2H3,(H,14,16). The second-order valence-corrected chi connectivity index (χ2v) is 5.48. The smallest absolute Gasteiger partial charge is 0.263 e. The van der Waals surface area contributed by atoms with Crippen molar-refractivity contribution in [2.75, 3.05) is 25.2 Å². The highest BCUT2D eigenvalue weighted by atomic mass is 32.1. The van der Waals surface area contributed by atoms with E-state index in [-0.39, 0.29) is 12.0 Å². The van der Waals surface area contributed by atoms with Gasteiger partial charge in [0.2, 0.25) is 0 Å². The van der Waals surface area contributed by atoms with Gasteiger partial charge in [0, 0.05) is 14.2 Å². The zero-order valence-electron chi connectivity index (χ0n) is 10.7. The van der Waals surface area contributed by atoms with Gasteiger partial charge in [-0.3, -0.25) is 4.79 Å². The number of thiophene rings is 1. The number of carbonyl (C=O) groups is 1. The Morgan fingerprint density at radius 1 is 1.56 bits per heavy atom. The van der Waals surface area contributed by atoms with Gasteiger partial charge < -0.3 is 21.1 Å². The monoisotopic (exact) mass is 269 g/mol. The number of methoxy groups -OCH3 is 1. The number of nitrogen functional groups attached to an aromatic ring is 1. The Bertz CT molecular complexity index is 433. The molecule has 0 bridgehead atoms. The van der Waals surface area contributed by atoms with E-state index in [1.807, 2.05) is 6.07 Å². The lowest BCUT2D eigenvalue weighted by Crippen LogP contribution is -2.29. The van der Waals surface area contributed by atoms with Crippen LogP contribution < -0.4 is 16.4 Å². The number of carbonyl (C=O) groups excluding carboxylic acids is 1. The summed E-state index contributed by atoms with van der Waals surface area (Å²) in [6.45, 7) is 0. The molecule has 1 aliphatic rings. The van der Waals surface area contributed by atoms with E-state index in [1.165, 1.54) is 17.8 Å². The van der Waals surface area contributed by atoms with Gasteiger partial charge in [0.25, 0.3) is 5.91 Å². The van der Waals surface area contributed by atoms with Gasteiger partial charge in [-0.25, -0.2) is 0 Å². The molecule has 1 aliphatic carbocycles. The van der Waals surface area contributed by atoms with Gasteiger partial charge in [-0.2, -0.15) is 0 Å². The molecule has 1 heterocycles. The number of rotatable bonds is 4. The fourth-order valence-electron chi connectivity index (χ4n) is 2.32. The largest absolute Gasteiger partial charge is 0.397 e. The number of nitrogens with one attached hydrogen (secondary N) is 2. The van der Waals surface area contributed by atoms with Crippen LogP contribution in [0.1, 0.15) is 28.9 Å². The Hall–Kier alpha value is -1.27. The molecule has 0 radical (unpaired) electrons. The van der Waals surface area contributed by atoms with E-state index < -0.39 is 0 Å². The highest BCUT2D eigenvalue weighted by molar-refractivity contribution is 7.18. The van der Waals surface area contributed by atoms with Gasteiger partial charge >= 0.3 is 0 Å². The summed E-state index contributed by atoms with van der Waals surface area (Å²) in [7, 11) is 3.34. The first-order valence-electron chi connectivity index (χ1n) is 6.06. The summed E-state index contributed by atoms with van der Waals surface area (Å²) in [5.74, 6) is -0.139. The van der Waals surface area contributed by atoms with E-state index in [1.54, 1.807) is 14.2 Å². The minimum absolute atomic E-state index is 0.139. The third-order valence-corrected chi connectivity index (χ3v) is 4.36. The summed E-state index contributed by atoms with van der Waals surface area (Å²) < 4.78 is 5.43. The third-order valence-electron chi connectivity index (χ3n) is 3.28. The normalized spacial score (nSPS) is 23.0. The molecule has 1 aromatic heterocycles. The molecule has 5 nitrogen and oxygen atoms in total. The van der Waals surface area contributed by atoms with E-state index in [0.29, 0.717) is 16.6 Å². The molecule has 2 unspecified atom stereocenters. The number of anilines is 2. The highest BCUT2D eigenvalue weighted by Gasteiger charge is 2.27. The summed E-state index contributed by atoms with van der Waals surface area (Å²) in [6, 6.07) is 2.13. The van der Waals surface area contributed by atoms with E-state index in [2.05, 4.69) is 10.6 Å². The van der Waals surface area contributed by atoms with Crippen molar-refractivity contribution in [2.45, 2.75) is 31.4 Å². The zero-order chi connectivity index (χ0) is 13.1. The van der Waals surface area contributed by atoms with Crippen molar-refractivity contribution in [3.8, 4) is 0 Å². The maximum Gasteiger partial charge on any atom is 0.263 e. The van der Waals surface area contributed by atoms with E-state index in [9.17, 15) is 4.79 Å². The molecule has 4 N–H and O–H groups in total. The van der Waals surface area contributed by atoms with Gasteiger partial charge in [-0.15, -0.1) is 11.3 Å². The molecule has 1 aromatic rings. The lowest BCUT2D eigenvalue weighted by molar-refractivity contribution is 0.0968. The van der Waals surface area contributed by atoms with Crippen LogP contribution in [0.3, 0.4) is 0 Å². The van der Waals surface area contributed by atoms with Crippen LogP contribution in [-0.4, -0.2) is 32.2 Å². The van der Waals surface area contributed by atoms with Crippen LogP contribution in [0, 0.1) is 0 Å². The van der Waals surface area contributed by atoms with E-state index >= 15 is 0 Å². The van der Waals surface area contributed by atoms with Gasteiger partial charge in [0.15, 0.2) is 0 Å². The van der Waals surface area contributed by atoms with Crippen molar-refractivity contribution in [1.82, 2.24) is 5.32 Å². The predicted molar refractivity (Wildman–Crippen MR) is 74.2 cm³/mol. The fourth-order valence-corrected chi connectivity index (χ4v) is 3.31. The molecule has 6 heteroatoms. The Kier molecular flexibility index (Phi) is 4.08. The number of ether oxygens (including phenoxy) is 1. The molecule has 1 saturated carbocycles. The van der Waals surface area contributed by atoms with Crippen LogP contribution in [0.5, 0.6) is 0 Å². The zero-order valence-corrected chi connectivity index (χ0v) is 11.5. The number of nitrogens with two attached hydrogens (primary N) is 1. The van der Waals surface area contributed by atoms with Crippen molar-refractivity contribution in [2.24, 2.45) is 0 Å². The quantitative estimate of drug-likeness (QED) is 0.777. The van der Waals surface area contributed by atoms with Crippen LogP contribution in [0.2, 0.25) is 0 Å². The summed E-state index contributed by atoms with van der Waals surface area (Å²) in [4.78, 5) is 12.1. The minimum Gasteiger partial charge on any atom is -0.397 e. The average Bonchev–Trinajstić information content (AvgIpc) is 2.95. The van der Waals surface area contributed by atoms with Crippen LogP contribution in [-0.2, 0) is 4.74 Å². The maximum atomic E-state index is 11.6. The molecule has 18 heavy (non-hydrogen) atoms. The first-order valence-corrected chi connectivity index (χ1v) is 6.88. The Labute approximate surface area is 111 Å². The lowest BCUT2D eigenvalue weighted by atomic mass is 10.2. The molecule has 100 valence electrons. The lowest BCUT2D eigenvalue weighted by Gasteiger charge is -2.19. The molecular formula is C12H19N3O2S. The molecular weight excluding hydrogens is 250 g/mol. The van der Waals surface area contributed by atoms with Crippen molar-refractivity contribution in [1.29, 1.82) is 0 Å². The van der Waals surface area contributed by atoms with E-state index in [0.717, 1.165) is 17.8 Å². The Morgan fingerprint density at radius 3 is 3.00 bits per heavy atom. The molecule has 0 saturated heterocycles. The van der Waals surface area contributed by atoms with Crippen LogP contribution in [0.15, 0.2) is 6.07 Å². The Morgan fingerprint density at radius 2 is 2.33 bits per heavy atom. The fraction of sp³-hybridized carbons (Fsp3) is 0.583. The van der Waals surface area contributed by atoms with Gasteiger partial charge in [-0.05, 0) is 25.3 Å². The molecule has 1 amide bonds. The van der Waals surface area contributed by atoms with Crippen LogP contribution in [0.25, 0.3) is 0 Å². The molecule has 0 aliphatic heterocycles. The molecule has 2 atom stereocenters. The molecule has 0 aromatic carbocycles. The number of hydrogen-bond acceptors (Lipinski definition) is 5. The first kappa shape index (κ1) is 13.2. The van der Waals surface area contributed by atoms with Crippen molar-refractivity contribution in [3.05, 3.63) is 10.9 Å². The number of hydrogen-bond donors (Lipinski definition) is 3. The maximum absolute atomic E-state index is 11.6. The van der Waals surface area contributed by atoms with Crippen LogP contribution in [0.4, 0.5) is 10.7 Å². The van der Waals surface area contributed by atoms with Crippen molar-refractivity contribution >= 4 is 27.9 Å². The molecule has 2 rings (SSSR count). The van der Waals surface area contributed by atoms with Gasteiger partial charge in [0.05, 0.1) is 22.8 Å². The SMILES string of the molecule is CNC(=O)c1sc(NC2CCCC2OC)cc1N. The number of amides is 1. The van der Waals surface area contributed by atoms with E-state index in [4.69, 9.17) is 10.5 Å². The highest BCUT2D eigenvalue weighted by Crippen LogP contribution is 2.32. The molecule has 1 fully saturated rings. The summed E-state index contributed by atoms with van der Waals surface area (Å²) in [6.07, 6.45) is 3.58. The molecule has 0 spiro atoms. The first-order chi connectivity index (χ1) is 8.65. The summed E-state index contributed by atoms with van der Waals surface area (Å²) in [5, 5.41) is 6.93. The second kappa shape index (κ2) is 5.58. The minimum atomic E-state index is -0.139. The van der Waals surface area contributed by atoms with Crippen molar-refractivity contribution < 1.29 is 9.53 Å². The third kappa shape index (κ3) is 2.59. The van der Waals surface area contributed by atoms with Crippen molar-refractivity contribution in [3.63, 3.8) is 0 Å². The van der Waals surface area contributed by atoms with Crippen LogP contribution >= 0.6 is 11.3 Å². The summed E-state index contributed by atoms with van der Waals surface area (Å²) in [5.41, 5.74) is 6.36. The second-order valence-electron chi connectivity index (χ2n) is 4.43. The van der Waals surface area contributed by atoms with Gasteiger partial charge in [0.1, 0.15) is 4.88 Å². The Balaban J connectivity index is 2.08.